The Morgan fingerprint density at radius 3 is 3.00 bits per heavy atom. The van der Waals surface area contributed by atoms with E-state index in [1.807, 2.05) is 0 Å². The molecule has 0 aliphatic carbocycles. The van der Waals surface area contributed by atoms with E-state index < -0.39 is 9.84 Å². The van der Waals surface area contributed by atoms with E-state index in [4.69, 9.17) is 18.0 Å². The van der Waals surface area contributed by atoms with Gasteiger partial charge in [0.1, 0.15) is 4.99 Å². The summed E-state index contributed by atoms with van der Waals surface area (Å²) < 4.78 is 23.1. The van der Waals surface area contributed by atoms with Gasteiger partial charge >= 0.3 is 0 Å². The number of nitrogens with zero attached hydrogens (tertiary/aromatic N) is 1. The lowest BCUT2D eigenvalue weighted by molar-refractivity contribution is 0.562. The number of pyridine rings is 1. The summed E-state index contributed by atoms with van der Waals surface area (Å²) in [6, 6.07) is 1.63. The van der Waals surface area contributed by atoms with Gasteiger partial charge in [0, 0.05) is 17.8 Å². The van der Waals surface area contributed by atoms with E-state index in [1.54, 1.807) is 18.5 Å². The van der Waals surface area contributed by atoms with Crippen molar-refractivity contribution in [3.05, 3.63) is 24.0 Å². The fourth-order valence-corrected chi connectivity index (χ4v) is 3.90. The fraction of sp³-hybridized carbons (Fsp3) is 0.455. The van der Waals surface area contributed by atoms with Crippen molar-refractivity contribution in [2.75, 3.05) is 16.8 Å². The van der Waals surface area contributed by atoms with Gasteiger partial charge in [0.2, 0.25) is 0 Å². The SMILES string of the molecule is NC(=S)c1ccncc1NC1CCCS(=O)(=O)C1. The molecule has 0 radical (unpaired) electrons. The normalized spacial score (nSPS) is 22.3. The Hall–Kier alpha value is -1.21. The van der Waals surface area contributed by atoms with Crippen LogP contribution in [0.4, 0.5) is 5.69 Å². The minimum absolute atomic E-state index is 0.0963. The molecule has 0 aromatic carbocycles. The molecule has 5 nitrogen and oxygen atoms in total. The third-order valence-corrected chi connectivity index (χ3v) is 4.95. The number of thiocarbonyl (C=S) groups is 1. The van der Waals surface area contributed by atoms with Crippen molar-refractivity contribution in [1.82, 2.24) is 4.98 Å². The minimum Gasteiger partial charge on any atom is -0.389 e. The summed E-state index contributed by atoms with van der Waals surface area (Å²) in [6.07, 6.45) is 4.74. The highest BCUT2D eigenvalue weighted by Crippen LogP contribution is 2.20. The van der Waals surface area contributed by atoms with Crippen molar-refractivity contribution in [3.63, 3.8) is 0 Å². The van der Waals surface area contributed by atoms with Crippen LogP contribution in [0.1, 0.15) is 18.4 Å². The fourth-order valence-electron chi connectivity index (χ4n) is 2.08. The maximum atomic E-state index is 11.6. The van der Waals surface area contributed by atoms with Crippen molar-refractivity contribution >= 4 is 32.7 Å². The first-order valence-electron chi connectivity index (χ1n) is 5.69. The predicted octanol–water partition coefficient (Wildman–Crippen LogP) is 0.705. The van der Waals surface area contributed by atoms with Gasteiger partial charge in [0.05, 0.1) is 23.4 Å². The minimum atomic E-state index is -2.93. The molecule has 18 heavy (non-hydrogen) atoms. The summed E-state index contributed by atoms with van der Waals surface area (Å²) in [5.41, 5.74) is 7.02. The number of nitrogens with two attached hydrogens (primary N) is 1. The van der Waals surface area contributed by atoms with E-state index in [0.717, 1.165) is 6.42 Å². The summed E-state index contributed by atoms with van der Waals surface area (Å²) in [5.74, 6) is 0.430. The summed E-state index contributed by atoms with van der Waals surface area (Å²) in [7, 11) is -2.93. The molecule has 3 N–H and O–H groups in total. The Morgan fingerprint density at radius 1 is 1.56 bits per heavy atom. The van der Waals surface area contributed by atoms with Gasteiger partial charge in [-0.3, -0.25) is 4.98 Å². The van der Waals surface area contributed by atoms with Crippen molar-refractivity contribution < 1.29 is 8.42 Å². The molecular formula is C11H15N3O2S2. The molecule has 7 heteroatoms. The van der Waals surface area contributed by atoms with E-state index >= 15 is 0 Å². The summed E-state index contributed by atoms with van der Waals surface area (Å²) in [6.45, 7) is 0. The molecule has 1 atom stereocenters. The van der Waals surface area contributed by atoms with Crippen LogP contribution in [-0.2, 0) is 9.84 Å². The monoisotopic (exact) mass is 285 g/mol. The van der Waals surface area contributed by atoms with Gasteiger partial charge in [-0.25, -0.2) is 8.42 Å². The molecule has 1 unspecified atom stereocenters. The summed E-state index contributed by atoms with van der Waals surface area (Å²) in [4.78, 5) is 4.28. The Morgan fingerprint density at radius 2 is 2.33 bits per heavy atom. The number of rotatable bonds is 3. The van der Waals surface area contributed by atoms with E-state index in [0.29, 0.717) is 17.7 Å². The molecule has 2 heterocycles. The first-order valence-corrected chi connectivity index (χ1v) is 7.92. The van der Waals surface area contributed by atoms with Crippen LogP contribution in [0.5, 0.6) is 0 Å². The van der Waals surface area contributed by atoms with Gasteiger partial charge < -0.3 is 11.1 Å². The molecule has 2 rings (SSSR count). The van der Waals surface area contributed by atoms with Gasteiger partial charge in [0.25, 0.3) is 0 Å². The number of sulfone groups is 1. The van der Waals surface area contributed by atoms with Gasteiger partial charge in [-0.15, -0.1) is 0 Å². The van der Waals surface area contributed by atoms with Crippen LogP contribution in [0, 0.1) is 0 Å². The molecule has 1 aromatic heterocycles. The molecule has 0 saturated carbocycles. The largest absolute Gasteiger partial charge is 0.389 e. The van der Waals surface area contributed by atoms with E-state index in [9.17, 15) is 8.42 Å². The average molecular weight is 285 g/mol. The van der Waals surface area contributed by atoms with Gasteiger partial charge in [-0.1, -0.05) is 12.2 Å². The lowest BCUT2D eigenvalue weighted by Crippen LogP contribution is -2.35. The second-order valence-corrected chi connectivity index (χ2v) is 7.05. The van der Waals surface area contributed by atoms with Crippen LogP contribution in [0.3, 0.4) is 0 Å². The quantitative estimate of drug-likeness (QED) is 0.795. The van der Waals surface area contributed by atoms with Crippen molar-refractivity contribution in [2.24, 2.45) is 5.73 Å². The Bertz CT molecular complexity index is 557. The number of nitrogens with one attached hydrogen (secondary N) is 1. The number of hydrogen-bond donors (Lipinski definition) is 2. The van der Waals surface area contributed by atoms with Crippen LogP contribution in [-0.4, -0.2) is 35.9 Å². The highest BCUT2D eigenvalue weighted by atomic mass is 32.2. The zero-order valence-electron chi connectivity index (χ0n) is 9.80. The lowest BCUT2D eigenvalue weighted by Gasteiger charge is -2.24. The molecule has 98 valence electrons. The zero-order chi connectivity index (χ0) is 13.2. The third kappa shape index (κ3) is 3.17. The molecule has 1 aliphatic rings. The molecule has 1 aliphatic heterocycles. The maximum absolute atomic E-state index is 11.6. The lowest BCUT2D eigenvalue weighted by atomic mass is 10.1. The van der Waals surface area contributed by atoms with Crippen LogP contribution < -0.4 is 11.1 Å². The van der Waals surface area contributed by atoms with Crippen LogP contribution >= 0.6 is 12.2 Å². The molecule has 0 amide bonds. The standard InChI is InChI=1S/C11H15N3O2S2/c12-11(17)9-3-4-13-6-10(9)14-8-2-1-5-18(15,16)7-8/h3-4,6,8,14H,1-2,5,7H2,(H2,12,17). The van der Waals surface area contributed by atoms with Crippen molar-refractivity contribution in [2.45, 2.75) is 18.9 Å². The Labute approximate surface area is 112 Å². The van der Waals surface area contributed by atoms with Crippen LogP contribution in [0.25, 0.3) is 0 Å². The topological polar surface area (TPSA) is 85.1 Å². The Kier molecular flexibility index (Phi) is 3.82. The molecule has 1 aromatic rings. The number of aromatic nitrogens is 1. The third-order valence-electron chi connectivity index (χ3n) is 2.91. The molecule has 0 bridgehead atoms. The molecular weight excluding hydrogens is 270 g/mol. The van der Waals surface area contributed by atoms with E-state index in [2.05, 4.69) is 10.3 Å². The molecule has 1 saturated heterocycles. The summed E-state index contributed by atoms with van der Waals surface area (Å²) in [5, 5.41) is 3.18. The van der Waals surface area contributed by atoms with Crippen LogP contribution in [0.2, 0.25) is 0 Å². The first-order chi connectivity index (χ1) is 8.48. The highest BCUT2D eigenvalue weighted by molar-refractivity contribution is 7.91. The summed E-state index contributed by atoms with van der Waals surface area (Å²) >= 11 is 4.95. The predicted molar refractivity (Wildman–Crippen MR) is 75.4 cm³/mol. The maximum Gasteiger partial charge on any atom is 0.152 e. The molecule has 0 spiro atoms. The van der Waals surface area contributed by atoms with E-state index in [1.165, 1.54) is 0 Å². The highest BCUT2D eigenvalue weighted by Gasteiger charge is 2.25. The average Bonchev–Trinajstić information content (AvgIpc) is 2.28. The number of anilines is 1. The van der Waals surface area contributed by atoms with Gasteiger partial charge in [0.15, 0.2) is 9.84 Å². The smallest absolute Gasteiger partial charge is 0.152 e. The second-order valence-electron chi connectivity index (χ2n) is 4.38. The Balaban J connectivity index is 2.17. The molecule has 1 fully saturated rings. The zero-order valence-corrected chi connectivity index (χ0v) is 11.4. The van der Waals surface area contributed by atoms with Crippen LogP contribution in [0.15, 0.2) is 18.5 Å². The van der Waals surface area contributed by atoms with Gasteiger partial charge in [-0.2, -0.15) is 0 Å². The number of hydrogen-bond acceptors (Lipinski definition) is 5. The van der Waals surface area contributed by atoms with Crippen molar-refractivity contribution in [3.8, 4) is 0 Å². The first kappa shape index (κ1) is 13.2. The van der Waals surface area contributed by atoms with Gasteiger partial charge in [-0.05, 0) is 18.9 Å². The second kappa shape index (κ2) is 5.19. The van der Waals surface area contributed by atoms with E-state index in [-0.39, 0.29) is 22.5 Å². The van der Waals surface area contributed by atoms with Crippen molar-refractivity contribution in [1.29, 1.82) is 0 Å².